The van der Waals surface area contributed by atoms with Crippen LogP contribution in [0.15, 0.2) is 18.2 Å². The summed E-state index contributed by atoms with van der Waals surface area (Å²) in [4.78, 5) is 13.2. The third kappa shape index (κ3) is 4.07. The van der Waals surface area contributed by atoms with Gasteiger partial charge < -0.3 is 23.7 Å². The minimum absolute atomic E-state index is 0. The number of carbonyl (C=O) groups excluding carboxylic acids is 1. The fourth-order valence-electron chi connectivity index (χ4n) is 2.69. The quantitative estimate of drug-likeness (QED) is 0.613. The first-order chi connectivity index (χ1) is 9.97. The predicted octanol–water partition coefficient (Wildman–Crippen LogP) is 2.75. The van der Waals surface area contributed by atoms with Gasteiger partial charge in [-0.1, -0.05) is 6.92 Å². The fraction of sp³-hybridized carbons (Fsp3) is 0.471. The molecule has 5 heteroatoms. The van der Waals surface area contributed by atoms with E-state index in [1.807, 2.05) is 25.1 Å². The van der Waals surface area contributed by atoms with Crippen molar-refractivity contribution in [2.45, 2.75) is 45.4 Å². The molecule has 0 fully saturated rings. The Labute approximate surface area is 156 Å². The van der Waals surface area contributed by atoms with Gasteiger partial charge in [-0.2, -0.15) is 0 Å². The molecule has 1 amide bonds. The minimum atomic E-state index is -0.769. The van der Waals surface area contributed by atoms with Crippen LogP contribution in [0.1, 0.15) is 32.3 Å². The van der Waals surface area contributed by atoms with Crippen molar-refractivity contribution in [3.05, 3.63) is 37.6 Å². The maximum absolute atomic E-state index is 11.8. The van der Waals surface area contributed by atoms with Gasteiger partial charge >= 0.3 is 31.1 Å². The third-order valence-electron chi connectivity index (χ3n) is 3.91. The van der Waals surface area contributed by atoms with Crippen LogP contribution >= 0.6 is 0 Å². The molecule has 0 saturated heterocycles. The number of ether oxygens (including phenoxy) is 1. The molecular weight excluding hydrogens is 504 g/mol. The number of anilines is 1. The Morgan fingerprint density at radius 1 is 1.45 bits per heavy atom. The van der Waals surface area contributed by atoms with Gasteiger partial charge in [0.25, 0.3) is 0 Å². The smallest absolute Gasteiger partial charge is 0.496 e. The van der Waals surface area contributed by atoms with Crippen LogP contribution in [0.3, 0.4) is 0 Å². The molecule has 0 bridgehead atoms. The molecule has 1 aromatic rings. The number of fused-ring (bicyclic) bond motifs is 1. The molecule has 0 saturated carbocycles. The van der Waals surface area contributed by atoms with Crippen molar-refractivity contribution in [3.8, 4) is 5.75 Å². The van der Waals surface area contributed by atoms with Gasteiger partial charge in [0.05, 0.1) is 0 Å². The molecular formula is C17H23NO3U. The molecule has 1 aliphatic heterocycles. The Balaban J connectivity index is 0.00000242. The number of hydrogen-bond acceptors (Lipinski definition) is 3. The molecule has 118 valence electrons. The zero-order chi connectivity index (χ0) is 15.6. The zero-order valence-electron chi connectivity index (χ0n) is 13.2. The number of carbonyl (C=O) groups is 1. The first-order valence-electron chi connectivity index (χ1n) is 7.33. The maximum Gasteiger partial charge on any atom is 2.00 e. The standard InChI is InChI=1S/C17H23NO3.U/c1-5-14(6-2)21-15-7-8-16-13(10-15)9-11(3)17(20)18(16)12(4)19;/h7-8,10-11,14,17,20H,1-2,5-6,9H2,3-4H3;/q-2;+2/t11-,17+;/m1./s1. The molecule has 1 aliphatic rings. The van der Waals surface area contributed by atoms with Gasteiger partial charge in [0.15, 0.2) is 0 Å². The molecule has 0 spiro atoms. The van der Waals surface area contributed by atoms with Crippen LogP contribution < -0.4 is 9.64 Å². The molecule has 0 unspecified atom stereocenters. The number of hydrogen-bond donors (Lipinski definition) is 1. The van der Waals surface area contributed by atoms with Gasteiger partial charge in [-0.05, 0) is 30.2 Å². The summed E-state index contributed by atoms with van der Waals surface area (Å²) in [5.74, 6) is 0.601. The van der Waals surface area contributed by atoms with E-state index < -0.39 is 6.23 Å². The fourth-order valence-corrected chi connectivity index (χ4v) is 2.69. The first-order valence-corrected chi connectivity index (χ1v) is 7.33. The Morgan fingerprint density at radius 3 is 2.64 bits per heavy atom. The monoisotopic (exact) mass is 527 g/mol. The van der Waals surface area contributed by atoms with Crippen molar-refractivity contribution in [2.24, 2.45) is 5.92 Å². The number of nitrogens with zero attached hydrogens (tertiary/aromatic N) is 1. The molecule has 1 aromatic carbocycles. The molecule has 0 aromatic heterocycles. The second kappa shape index (κ2) is 8.38. The minimum Gasteiger partial charge on any atom is -0.496 e. The summed E-state index contributed by atoms with van der Waals surface area (Å²) >= 11 is 0. The van der Waals surface area contributed by atoms with Gasteiger partial charge in [-0.3, -0.25) is 9.69 Å². The number of aliphatic hydroxyl groups excluding tert-OH is 1. The van der Waals surface area contributed by atoms with Gasteiger partial charge in [0, 0.05) is 24.6 Å². The molecule has 1 N–H and O–H groups in total. The van der Waals surface area contributed by atoms with Crippen molar-refractivity contribution in [1.29, 1.82) is 0 Å². The van der Waals surface area contributed by atoms with Gasteiger partial charge in [0.2, 0.25) is 5.91 Å². The number of aliphatic hydroxyl groups is 1. The molecule has 2 atom stereocenters. The predicted molar refractivity (Wildman–Crippen MR) is 82.8 cm³/mol. The molecule has 0 aliphatic carbocycles. The van der Waals surface area contributed by atoms with E-state index in [9.17, 15) is 9.90 Å². The molecule has 4 nitrogen and oxygen atoms in total. The molecule has 1 heterocycles. The number of amides is 1. The zero-order valence-corrected chi connectivity index (χ0v) is 17.4. The second-order valence-corrected chi connectivity index (χ2v) is 5.59. The van der Waals surface area contributed by atoms with E-state index in [-0.39, 0.29) is 49.0 Å². The summed E-state index contributed by atoms with van der Waals surface area (Å²) in [6, 6.07) is 5.62. The average Bonchev–Trinajstić information content (AvgIpc) is 2.45. The van der Waals surface area contributed by atoms with Gasteiger partial charge in [-0.15, -0.1) is 12.8 Å². The molecule has 0 radical (unpaired) electrons. The van der Waals surface area contributed by atoms with E-state index in [4.69, 9.17) is 4.74 Å². The van der Waals surface area contributed by atoms with Gasteiger partial charge in [0.1, 0.15) is 12.0 Å². The number of rotatable bonds is 4. The van der Waals surface area contributed by atoms with Crippen LogP contribution in [0.2, 0.25) is 0 Å². The Bertz CT molecular complexity index is 517. The van der Waals surface area contributed by atoms with E-state index in [2.05, 4.69) is 13.8 Å². The second-order valence-electron chi connectivity index (χ2n) is 5.59. The van der Waals surface area contributed by atoms with Crippen molar-refractivity contribution in [3.63, 3.8) is 0 Å². The third-order valence-corrected chi connectivity index (χ3v) is 3.91. The van der Waals surface area contributed by atoms with E-state index in [1.165, 1.54) is 11.8 Å². The van der Waals surface area contributed by atoms with E-state index >= 15 is 0 Å². The van der Waals surface area contributed by atoms with Crippen LogP contribution in [0.25, 0.3) is 0 Å². The largest absolute Gasteiger partial charge is 2.00 e. The number of benzene rings is 1. The normalized spacial score (nSPS) is 20.4. The SMILES string of the molecule is [CH2-]CC(C[CH2-])Oc1ccc2c(c1)C[C@@H](C)[C@H](O)N2C(C)=O.[U+2]. The summed E-state index contributed by atoms with van der Waals surface area (Å²) in [7, 11) is 0. The Morgan fingerprint density at radius 2 is 2.09 bits per heavy atom. The summed E-state index contributed by atoms with van der Waals surface area (Å²) < 4.78 is 5.85. The van der Waals surface area contributed by atoms with Crippen molar-refractivity contribution in [1.82, 2.24) is 0 Å². The van der Waals surface area contributed by atoms with Crippen LogP contribution in [0, 0.1) is 50.9 Å². The summed E-state index contributed by atoms with van der Waals surface area (Å²) in [6.45, 7) is 11.1. The maximum atomic E-state index is 11.8. The first kappa shape index (κ1) is 19.5. The van der Waals surface area contributed by atoms with Crippen LogP contribution in [0.5, 0.6) is 5.75 Å². The van der Waals surface area contributed by atoms with Gasteiger partial charge in [-0.25, -0.2) is 0 Å². The van der Waals surface area contributed by atoms with Crippen LogP contribution in [0.4, 0.5) is 5.69 Å². The van der Waals surface area contributed by atoms with Crippen molar-refractivity contribution in [2.75, 3.05) is 4.90 Å². The average molecular weight is 527 g/mol. The topological polar surface area (TPSA) is 49.8 Å². The molecule has 22 heavy (non-hydrogen) atoms. The van der Waals surface area contributed by atoms with E-state index in [1.54, 1.807) is 0 Å². The summed E-state index contributed by atoms with van der Waals surface area (Å²) in [5.41, 5.74) is 1.79. The van der Waals surface area contributed by atoms with Crippen molar-refractivity contribution < 1.29 is 45.8 Å². The van der Waals surface area contributed by atoms with Crippen LogP contribution in [-0.2, 0) is 11.2 Å². The van der Waals surface area contributed by atoms with Crippen LogP contribution in [-0.4, -0.2) is 23.3 Å². The van der Waals surface area contributed by atoms with E-state index in [0.29, 0.717) is 12.8 Å². The van der Waals surface area contributed by atoms with E-state index in [0.717, 1.165) is 23.4 Å². The summed E-state index contributed by atoms with van der Waals surface area (Å²) in [5, 5.41) is 10.2. The Hall–Kier alpha value is -0.498. The molecule has 2 rings (SSSR count). The summed E-state index contributed by atoms with van der Waals surface area (Å²) in [6.07, 6.45) is 1.27. The van der Waals surface area contributed by atoms with Crippen molar-refractivity contribution >= 4 is 11.6 Å². The Kier molecular flexibility index (Phi) is 7.45.